The molecule has 0 unspecified atom stereocenters. The molecule has 0 aliphatic heterocycles. The van der Waals surface area contributed by atoms with Crippen LogP contribution in [0.5, 0.6) is 0 Å². The second kappa shape index (κ2) is 6.66. The van der Waals surface area contributed by atoms with Gasteiger partial charge in [0, 0.05) is 38.2 Å². The Morgan fingerprint density at radius 2 is 1.24 bits per heavy atom. The topological polar surface area (TPSA) is 17.8 Å². The summed E-state index contributed by atoms with van der Waals surface area (Å²) < 4.78 is 2.42. The molecule has 0 radical (unpaired) electrons. The Morgan fingerprint density at radius 3 is 2.00 bits per heavy atom. The molecule has 3 heteroatoms. The highest BCUT2D eigenvalue weighted by Gasteiger charge is 2.27. The summed E-state index contributed by atoms with van der Waals surface area (Å²) in [5, 5.41) is 6.24. The second-order valence-electron chi connectivity index (χ2n) is 8.79. The van der Waals surface area contributed by atoms with Crippen molar-refractivity contribution in [3.63, 3.8) is 0 Å². The number of nitrogens with zero attached hydrogens (tertiary/aromatic N) is 2. The van der Waals surface area contributed by atoms with E-state index in [-0.39, 0.29) is 0 Å². The monoisotopic (exact) mass is 450 g/mol. The summed E-state index contributed by atoms with van der Waals surface area (Å²) in [5.41, 5.74) is 8.52. The molecular weight excluding hydrogens is 432 g/mol. The number of para-hydroxylation sites is 2. The van der Waals surface area contributed by atoms with E-state index in [1.54, 1.807) is 11.3 Å². The van der Waals surface area contributed by atoms with Crippen LogP contribution in [0.3, 0.4) is 0 Å². The minimum absolute atomic E-state index is 1.08. The van der Waals surface area contributed by atoms with Gasteiger partial charge >= 0.3 is 0 Å². The average molecular weight is 451 g/mol. The van der Waals surface area contributed by atoms with Crippen molar-refractivity contribution in [2.75, 3.05) is 0 Å². The van der Waals surface area contributed by atoms with Gasteiger partial charge in [0.15, 0.2) is 0 Å². The van der Waals surface area contributed by atoms with E-state index in [4.69, 9.17) is 4.98 Å². The smallest absolute Gasteiger partial charge is 0.124 e. The molecule has 0 saturated carbocycles. The van der Waals surface area contributed by atoms with Gasteiger partial charge in [-0.2, -0.15) is 0 Å². The Kier molecular flexibility index (Phi) is 3.57. The summed E-state index contributed by atoms with van der Waals surface area (Å²) >= 11 is 1.80. The van der Waals surface area contributed by atoms with Gasteiger partial charge < -0.3 is 4.57 Å². The van der Waals surface area contributed by atoms with Crippen molar-refractivity contribution in [3.05, 3.63) is 109 Å². The first-order valence-electron chi connectivity index (χ1n) is 11.5. The van der Waals surface area contributed by atoms with Crippen molar-refractivity contribution in [2.45, 2.75) is 0 Å². The standard InChI is InChI=1S/C31H18N2S/c1-2-9-19(10-3-1)31-32-29-23-14-8-13-22-27(18-17-24(28(22)23)30(29)34-31)33-25-15-6-4-11-20(25)21-12-5-7-16-26(21)33/h1-18H. The van der Waals surface area contributed by atoms with Crippen LogP contribution in [-0.2, 0) is 0 Å². The molecule has 0 saturated heterocycles. The first-order valence-corrected chi connectivity index (χ1v) is 12.3. The predicted molar refractivity (Wildman–Crippen MR) is 144 cm³/mol. The zero-order valence-electron chi connectivity index (χ0n) is 18.2. The molecular formula is C31H18N2S. The van der Waals surface area contributed by atoms with Crippen LogP contribution in [-0.4, -0.2) is 9.55 Å². The molecule has 2 heterocycles. The number of hydrogen-bond donors (Lipinski definition) is 0. The lowest BCUT2D eigenvalue weighted by Crippen LogP contribution is -1.95. The molecule has 0 fully saturated rings. The zero-order chi connectivity index (χ0) is 22.2. The molecule has 5 aromatic carbocycles. The molecule has 0 bridgehead atoms. The maximum absolute atomic E-state index is 5.10. The molecule has 1 aliphatic carbocycles. The van der Waals surface area contributed by atoms with Crippen LogP contribution in [0.4, 0.5) is 0 Å². The Hall–Kier alpha value is -4.21. The summed E-state index contributed by atoms with van der Waals surface area (Å²) in [6.45, 7) is 0. The number of benzene rings is 5. The second-order valence-corrected chi connectivity index (χ2v) is 9.79. The fourth-order valence-corrected chi connectivity index (χ4v) is 6.66. The Balaban J connectivity index is 1.42. The SMILES string of the molecule is c1ccc(-c2nc3c(s2)-c2ccc(-n4c5ccccc5c5ccccc54)c4cccc-3c24)cc1. The van der Waals surface area contributed by atoms with E-state index < -0.39 is 0 Å². The lowest BCUT2D eigenvalue weighted by Gasteiger charge is -2.13. The van der Waals surface area contributed by atoms with E-state index in [0.29, 0.717) is 0 Å². The van der Waals surface area contributed by atoms with Gasteiger partial charge in [-0.1, -0.05) is 91.0 Å². The highest BCUT2D eigenvalue weighted by molar-refractivity contribution is 7.19. The Morgan fingerprint density at radius 1 is 0.559 bits per heavy atom. The molecule has 7 aromatic rings. The lowest BCUT2D eigenvalue weighted by atomic mass is 10.0. The van der Waals surface area contributed by atoms with Crippen molar-refractivity contribution in [3.8, 4) is 38.0 Å². The maximum Gasteiger partial charge on any atom is 0.124 e. The quantitative estimate of drug-likeness (QED) is 0.257. The Bertz CT molecular complexity index is 1830. The first-order chi connectivity index (χ1) is 16.9. The molecule has 0 N–H and O–H groups in total. The van der Waals surface area contributed by atoms with Gasteiger partial charge in [-0.3, -0.25) is 0 Å². The van der Waals surface area contributed by atoms with Crippen molar-refractivity contribution in [2.24, 2.45) is 0 Å². The number of hydrogen-bond acceptors (Lipinski definition) is 2. The number of thiazole rings is 1. The van der Waals surface area contributed by atoms with Crippen LogP contribution >= 0.6 is 11.3 Å². The Labute approximate surface area is 200 Å². The lowest BCUT2D eigenvalue weighted by molar-refractivity contribution is 1.20. The zero-order valence-corrected chi connectivity index (χ0v) is 19.0. The van der Waals surface area contributed by atoms with Crippen LogP contribution < -0.4 is 0 Å². The van der Waals surface area contributed by atoms with Gasteiger partial charge in [-0.05, 0) is 18.2 Å². The fraction of sp³-hybridized carbons (Fsp3) is 0. The molecule has 34 heavy (non-hydrogen) atoms. The summed E-state index contributed by atoms with van der Waals surface area (Å²) in [6, 6.07) is 39.1. The molecule has 0 spiro atoms. The average Bonchev–Trinajstić information content (AvgIpc) is 3.56. The molecule has 8 rings (SSSR count). The molecule has 0 atom stereocenters. The largest absolute Gasteiger partial charge is 0.309 e. The summed E-state index contributed by atoms with van der Waals surface area (Å²) in [6.07, 6.45) is 0. The van der Waals surface area contributed by atoms with E-state index in [1.807, 2.05) is 0 Å². The van der Waals surface area contributed by atoms with E-state index >= 15 is 0 Å². The van der Waals surface area contributed by atoms with Gasteiger partial charge in [-0.15, -0.1) is 11.3 Å². The van der Waals surface area contributed by atoms with Crippen molar-refractivity contribution in [1.29, 1.82) is 0 Å². The van der Waals surface area contributed by atoms with Gasteiger partial charge in [0.25, 0.3) is 0 Å². The first kappa shape index (κ1) is 18.2. The van der Waals surface area contributed by atoms with Gasteiger partial charge in [0.1, 0.15) is 5.01 Å². The van der Waals surface area contributed by atoms with Gasteiger partial charge in [0.05, 0.1) is 27.3 Å². The van der Waals surface area contributed by atoms with Crippen LogP contribution in [0.2, 0.25) is 0 Å². The third-order valence-corrected chi connectivity index (χ3v) is 8.12. The number of aromatic nitrogens is 2. The van der Waals surface area contributed by atoms with Gasteiger partial charge in [-0.25, -0.2) is 4.98 Å². The summed E-state index contributed by atoms with van der Waals surface area (Å²) in [4.78, 5) is 6.38. The third kappa shape index (κ3) is 2.32. The van der Waals surface area contributed by atoms with E-state index in [0.717, 1.165) is 10.7 Å². The van der Waals surface area contributed by atoms with E-state index in [2.05, 4.69) is 114 Å². The molecule has 2 nitrogen and oxygen atoms in total. The molecule has 1 aliphatic rings. The molecule has 2 aromatic heterocycles. The summed E-state index contributed by atoms with van der Waals surface area (Å²) in [5.74, 6) is 0. The minimum atomic E-state index is 1.08. The molecule has 158 valence electrons. The van der Waals surface area contributed by atoms with Crippen molar-refractivity contribution in [1.82, 2.24) is 9.55 Å². The highest BCUT2D eigenvalue weighted by atomic mass is 32.1. The van der Waals surface area contributed by atoms with Crippen LogP contribution in [0.1, 0.15) is 0 Å². The number of rotatable bonds is 2. The third-order valence-electron chi connectivity index (χ3n) is 6.99. The van der Waals surface area contributed by atoms with E-state index in [1.165, 1.54) is 59.8 Å². The summed E-state index contributed by atoms with van der Waals surface area (Å²) in [7, 11) is 0. The van der Waals surface area contributed by atoms with Crippen LogP contribution in [0.25, 0.3) is 70.5 Å². The molecule has 0 amide bonds. The normalized spacial score (nSPS) is 12.1. The van der Waals surface area contributed by atoms with Crippen molar-refractivity contribution >= 4 is 43.9 Å². The maximum atomic E-state index is 5.10. The van der Waals surface area contributed by atoms with Crippen molar-refractivity contribution < 1.29 is 0 Å². The predicted octanol–water partition coefficient (Wildman–Crippen LogP) is 8.71. The minimum Gasteiger partial charge on any atom is -0.309 e. The number of fused-ring (bicyclic) bond motifs is 6. The fourth-order valence-electron chi connectivity index (χ4n) is 5.54. The van der Waals surface area contributed by atoms with E-state index in [9.17, 15) is 0 Å². The van der Waals surface area contributed by atoms with Crippen LogP contribution in [0, 0.1) is 0 Å². The van der Waals surface area contributed by atoms with Gasteiger partial charge in [0.2, 0.25) is 0 Å². The highest BCUT2D eigenvalue weighted by Crippen LogP contribution is 2.52. The van der Waals surface area contributed by atoms with Crippen LogP contribution in [0.15, 0.2) is 109 Å².